The van der Waals surface area contributed by atoms with Crippen molar-refractivity contribution in [3.63, 3.8) is 0 Å². The average molecular weight is 369 g/mol. The molecular weight excluding hydrogens is 340 g/mol. The van der Waals surface area contributed by atoms with Crippen molar-refractivity contribution in [3.05, 3.63) is 47.8 Å². The summed E-state index contributed by atoms with van der Waals surface area (Å²) in [6.45, 7) is 4.72. The van der Waals surface area contributed by atoms with Crippen molar-refractivity contribution < 1.29 is 8.78 Å². The highest BCUT2D eigenvalue weighted by molar-refractivity contribution is 5.78. The monoisotopic (exact) mass is 369 g/mol. The Bertz CT molecular complexity index is 811. The zero-order valence-electron chi connectivity index (χ0n) is 16.3. The number of hydrogen-bond acceptors (Lipinski definition) is 1. The number of pyridine rings is 1. The van der Waals surface area contributed by atoms with Crippen LogP contribution in [0.15, 0.2) is 42.3 Å². The molecule has 0 N–H and O–H groups in total. The van der Waals surface area contributed by atoms with Crippen molar-refractivity contribution >= 4 is 5.57 Å². The van der Waals surface area contributed by atoms with E-state index in [9.17, 15) is 8.78 Å². The Morgan fingerprint density at radius 3 is 2.67 bits per heavy atom. The van der Waals surface area contributed by atoms with Gasteiger partial charge in [0.15, 0.2) is 0 Å². The lowest BCUT2D eigenvalue weighted by atomic mass is 9.46. The van der Waals surface area contributed by atoms with E-state index in [1.807, 2.05) is 18.5 Å². The largest absolute Gasteiger partial charge is 0.264 e. The van der Waals surface area contributed by atoms with E-state index in [0.717, 1.165) is 25.7 Å². The van der Waals surface area contributed by atoms with E-state index in [2.05, 4.69) is 37.0 Å². The van der Waals surface area contributed by atoms with Crippen LogP contribution in [0.1, 0.15) is 64.4 Å². The van der Waals surface area contributed by atoms with Crippen LogP contribution in [0.4, 0.5) is 8.78 Å². The predicted octanol–water partition coefficient (Wildman–Crippen LogP) is 6.67. The molecule has 0 aliphatic heterocycles. The van der Waals surface area contributed by atoms with Gasteiger partial charge in [0.2, 0.25) is 5.92 Å². The molecule has 1 unspecified atom stereocenters. The number of fused-ring (bicyclic) bond motifs is 5. The number of halogens is 2. The molecule has 5 rings (SSSR count). The third-order valence-corrected chi connectivity index (χ3v) is 8.65. The van der Waals surface area contributed by atoms with E-state index >= 15 is 0 Å². The van der Waals surface area contributed by atoms with Crippen molar-refractivity contribution in [2.24, 2.45) is 28.6 Å². The molecule has 1 aromatic heterocycles. The average Bonchev–Trinajstić information content (AvgIpc) is 3.00. The number of allylic oxidation sites excluding steroid dienone is 4. The van der Waals surface area contributed by atoms with Gasteiger partial charge in [-0.3, -0.25) is 4.98 Å². The van der Waals surface area contributed by atoms with E-state index in [1.54, 1.807) is 5.57 Å². The number of nitrogens with zero attached hydrogens (tertiary/aromatic N) is 1. The van der Waals surface area contributed by atoms with Crippen LogP contribution in [0.3, 0.4) is 0 Å². The van der Waals surface area contributed by atoms with E-state index in [0.29, 0.717) is 18.3 Å². The van der Waals surface area contributed by atoms with Crippen molar-refractivity contribution in [1.82, 2.24) is 4.98 Å². The zero-order valence-corrected chi connectivity index (χ0v) is 16.3. The van der Waals surface area contributed by atoms with Crippen LogP contribution in [-0.4, -0.2) is 10.9 Å². The minimum Gasteiger partial charge on any atom is -0.264 e. The first-order valence-electron chi connectivity index (χ1n) is 10.5. The van der Waals surface area contributed by atoms with Crippen LogP contribution >= 0.6 is 0 Å². The highest BCUT2D eigenvalue weighted by Gasteiger charge is 2.58. The first-order chi connectivity index (χ1) is 12.8. The molecule has 3 heteroatoms. The molecule has 144 valence electrons. The molecule has 1 heterocycles. The smallest absolute Gasteiger partial charge is 0.248 e. The highest BCUT2D eigenvalue weighted by atomic mass is 19.3. The Balaban J connectivity index is 1.45. The summed E-state index contributed by atoms with van der Waals surface area (Å²) >= 11 is 0. The van der Waals surface area contributed by atoms with Crippen LogP contribution in [-0.2, 0) is 0 Å². The summed E-state index contributed by atoms with van der Waals surface area (Å²) < 4.78 is 28.1. The Kier molecular flexibility index (Phi) is 3.74. The molecule has 0 radical (unpaired) electrons. The van der Waals surface area contributed by atoms with E-state index in [4.69, 9.17) is 0 Å². The van der Waals surface area contributed by atoms with Crippen molar-refractivity contribution in [2.45, 2.75) is 64.7 Å². The van der Waals surface area contributed by atoms with E-state index in [-0.39, 0.29) is 29.6 Å². The number of alkyl halides is 2. The summed E-state index contributed by atoms with van der Waals surface area (Å²) in [6.07, 6.45) is 13.7. The van der Waals surface area contributed by atoms with Crippen molar-refractivity contribution in [2.75, 3.05) is 0 Å². The topological polar surface area (TPSA) is 12.9 Å². The van der Waals surface area contributed by atoms with Gasteiger partial charge in [-0.1, -0.05) is 37.6 Å². The van der Waals surface area contributed by atoms with Gasteiger partial charge in [0.05, 0.1) is 0 Å². The Morgan fingerprint density at radius 2 is 1.89 bits per heavy atom. The lowest BCUT2D eigenvalue weighted by Crippen LogP contribution is -2.52. The third-order valence-electron chi connectivity index (χ3n) is 8.65. The van der Waals surface area contributed by atoms with Gasteiger partial charge < -0.3 is 0 Å². The fourth-order valence-corrected chi connectivity index (χ4v) is 7.11. The summed E-state index contributed by atoms with van der Waals surface area (Å²) in [5.41, 5.74) is 4.36. The van der Waals surface area contributed by atoms with Crippen molar-refractivity contribution in [3.8, 4) is 0 Å². The first kappa shape index (κ1) is 17.6. The van der Waals surface area contributed by atoms with Gasteiger partial charge in [0, 0.05) is 30.7 Å². The predicted molar refractivity (Wildman–Crippen MR) is 104 cm³/mol. The summed E-state index contributed by atoms with van der Waals surface area (Å²) in [4.78, 5) is 4.32. The Morgan fingerprint density at radius 1 is 1.04 bits per heavy atom. The molecule has 3 saturated carbocycles. The molecule has 1 nitrogen and oxygen atoms in total. The summed E-state index contributed by atoms with van der Waals surface area (Å²) in [5.74, 6) is -1.13. The molecular formula is C24H29F2N. The number of aromatic nitrogens is 1. The molecule has 0 spiro atoms. The molecule has 5 atom stereocenters. The molecule has 4 aliphatic rings. The first-order valence-corrected chi connectivity index (χ1v) is 10.5. The molecule has 0 saturated heterocycles. The fourth-order valence-electron chi connectivity index (χ4n) is 7.11. The lowest BCUT2D eigenvalue weighted by molar-refractivity contribution is -0.139. The van der Waals surface area contributed by atoms with Crippen LogP contribution in [0.5, 0.6) is 0 Å². The second-order valence-electron chi connectivity index (χ2n) is 9.87. The molecule has 0 bridgehead atoms. The SMILES string of the molecule is C[C@]12CC[C@H]3[C@@H](CCC4CC(F)(F)CC[C@@]43C)C1=CC=C2c1cccnc1. The van der Waals surface area contributed by atoms with Gasteiger partial charge in [-0.05, 0) is 72.5 Å². The Labute approximate surface area is 161 Å². The minimum absolute atomic E-state index is 0.0821. The standard InChI is InChI=1S/C24H29F2N/c1-22-11-12-24(25,26)14-17(22)5-6-18-20-8-7-19(16-4-3-13-27-15-16)23(20,2)10-9-21(18)22/h3-4,7-8,13,15,17-18,21H,5-6,9-12,14H2,1-2H3/t17?,18-,21-,22-,23+/m0/s1. The Hall–Kier alpha value is -1.51. The molecule has 27 heavy (non-hydrogen) atoms. The molecule has 0 amide bonds. The molecule has 4 aliphatic carbocycles. The van der Waals surface area contributed by atoms with Gasteiger partial charge in [-0.2, -0.15) is 0 Å². The van der Waals surface area contributed by atoms with Crippen LogP contribution in [0.25, 0.3) is 5.57 Å². The lowest BCUT2D eigenvalue weighted by Gasteiger charge is -2.59. The zero-order chi connectivity index (χ0) is 18.9. The van der Waals surface area contributed by atoms with Gasteiger partial charge in [0.25, 0.3) is 0 Å². The normalized spacial score (nSPS) is 42.4. The molecule has 3 fully saturated rings. The second kappa shape index (κ2) is 5.75. The maximum atomic E-state index is 14.1. The van der Waals surface area contributed by atoms with E-state index in [1.165, 1.54) is 11.1 Å². The number of hydrogen-bond donors (Lipinski definition) is 0. The quantitative estimate of drug-likeness (QED) is 0.538. The van der Waals surface area contributed by atoms with Gasteiger partial charge >= 0.3 is 0 Å². The summed E-state index contributed by atoms with van der Waals surface area (Å²) in [7, 11) is 0. The van der Waals surface area contributed by atoms with Crippen LogP contribution in [0, 0.1) is 28.6 Å². The minimum atomic E-state index is -2.44. The van der Waals surface area contributed by atoms with Gasteiger partial charge in [-0.15, -0.1) is 0 Å². The summed E-state index contributed by atoms with van der Waals surface area (Å²) in [5, 5.41) is 0. The fraction of sp³-hybridized carbons (Fsp3) is 0.625. The van der Waals surface area contributed by atoms with Gasteiger partial charge in [-0.25, -0.2) is 8.78 Å². The van der Waals surface area contributed by atoms with Crippen LogP contribution in [0.2, 0.25) is 0 Å². The van der Waals surface area contributed by atoms with Crippen LogP contribution < -0.4 is 0 Å². The highest BCUT2D eigenvalue weighted by Crippen LogP contribution is 2.67. The third kappa shape index (κ3) is 2.49. The molecule has 1 aromatic rings. The molecule has 0 aromatic carbocycles. The summed E-state index contributed by atoms with van der Waals surface area (Å²) in [6, 6.07) is 4.17. The maximum Gasteiger partial charge on any atom is 0.248 e. The number of rotatable bonds is 1. The van der Waals surface area contributed by atoms with Crippen molar-refractivity contribution in [1.29, 1.82) is 0 Å². The van der Waals surface area contributed by atoms with E-state index < -0.39 is 5.92 Å². The second-order valence-corrected chi connectivity index (χ2v) is 9.87. The van der Waals surface area contributed by atoms with Gasteiger partial charge in [0.1, 0.15) is 0 Å². The maximum absolute atomic E-state index is 14.1.